The van der Waals surface area contributed by atoms with Crippen LogP contribution in [0.25, 0.3) is 10.8 Å². The van der Waals surface area contributed by atoms with E-state index in [2.05, 4.69) is 22.0 Å². The third-order valence-corrected chi connectivity index (χ3v) is 5.46. The Morgan fingerprint density at radius 3 is 2.57 bits per heavy atom. The van der Waals surface area contributed by atoms with E-state index in [0.717, 1.165) is 54.9 Å². The highest BCUT2D eigenvalue weighted by Crippen LogP contribution is 2.27. The van der Waals surface area contributed by atoms with Gasteiger partial charge in [-0.15, -0.1) is 0 Å². The molecule has 0 bridgehead atoms. The number of likely N-dealkylation sites (tertiary alicyclic amines) is 1. The number of fused-ring (bicyclic) bond motifs is 1. The third kappa shape index (κ3) is 4.04. The van der Waals surface area contributed by atoms with Gasteiger partial charge in [0.2, 0.25) is 0 Å². The summed E-state index contributed by atoms with van der Waals surface area (Å²) in [6, 6.07) is 14.1. The predicted molar refractivity (Wildman–Crippen MR) is 111 cm³/mol. The largest absolute Gasteiger partial charge is 0.497 e. The van der Waals surface area contributed by atoms with Crippen molar-refractivity contribution in [1.29, 1.82) is 0 Å². The Balaban J connectivity index is 1.37. The number of benzene rings is 2. The molecule has 146 valence electrons. The fourth-order valence-electron chi connectivity index (χ4n) is 3.80. The second-order valence-corrected chi connectivity index (χ2v) is 7.45. The van der Waals surface area contributed by atoms with Gasteiger partial charge in [-0.3, -0.25) is 9.69 Å². The summed E-state index contributed by atoms with van der Waals surface area (Å²) < 4.78 is 11.5. The first-order valence-corrected chi connectivity index (χ1v) is 9.76. The van der Waals surface area contributed by atoms with Crippen LogP contribution in [-0.4, -0.2) is 36.2 Å². The van der Waals surface area contributed by atoms with Gasteiger partial charge in [-0.2, -0.15) is 0 Å². The van der Waals surface area contributed by atoms with Gasteiger partial charge < -0.3 is 14.5 Å². The zero-order valence-corrected chi connectivity index (χ0v) is 16.4. The first kappa shape index (κ1) is 18.6. The van der Waals surface area contributed by atoms with Gasteiger partial charge in [0.15, 0.2) is 0 Å². The second kappa shape index (κ2) is 8.07. The van der Waals surface area contributed by atoms with Gasteiger partial charge in [0.25, 0.3) is 5.56 Å². The van der Waals surface area contributed by atoms with Gasteiger partial charge in [-0.25, -0.2) is 0 Å². The van der Waals surface area contributed by atoms with Crippen molar-refractivity contribution in [1.82, 2.24) is 9.88 Å². The molecule has 5 heteroatoms. The lowest BCUT2D eigenvalue weighted by Gasteiger charge is -2.32. The molecule has 5 nitrogen and oxygen atoms in total. The van der Waals surface area contributed by atoms with E-state index < -0.39 is 0 Å². The van der Waals surface area contributed by atoms with Crippen molar-refractivity contribution < 1.29 is 9.47 Å². The van der Waals surface area contributed by atoms with Crippen molar-refractivity contribution in [3.8, 4) is 11.5 Å². The molecule has 1 fully saturated rings. The van der Waals surface area contributed by atoms with E-state index in [1.165, 1.54) is 5.56 Å². The first-order valence-electron chi connectivity index (χ1n) is 9.76. The van der Waals surface area contributed by atoms with Crippen LogP contribution in [-0.2, 0) is 6.54 Å². The van der Waals surface area contributed by atoms with Crippen LogP contribution in [0, 0.1) is 6.92 Å². The summed E-state index contributed by atoms with van der Waals surface area (Å²) in [5, 5.41) is 1.63. The van der Waals surface area contributed by atoms with Crippen LogP contribution in [0.5, 0.6) is 11.5 Å². The van der Waals surface area contributed by atoms with Gasteiger partial charge in [-0.1, -0.05) is 12.1 Å². The molecule has 0 amide bonds. The van der Waals surface area contributed by atoms with Gasteiger partial charge in [0.1, 0.15) is 17.6 Å². The van der Waals surface area contributed by atoms with Gasteiger partial charge in [0, 0.05) is 31.2 Å². The van der Waals surface area contributed by atoms with E-state index in [-0.39, 0.29) is 11.7 Å². The number of aromatic amines is 1. The lowest BCUT2D eigenvalue weighted by Crippen LogP contribution is -2.37. The van der Waals surface area contributed by atoms with Crippen molar-refractivity contribution >= 4 is 10.8 Å². The summed E-state index contributed by atoms with van der Waals surface area (Å²) in [4.78, 5) is 17.1. The molecular weight excluding hydrogens is 352 g/mol. The summed E-state index contributed by atoms with van der Waals surface area (Å²) in [7, 11) is 1.69. The molecule has 4 rings (SSSR count). The number of aromatic nitrogens is 1. The predicted octanol–water partition coefficient (Wildman–Crippen LogP) is 3.89. The number of hydrogen-bond donors (Lipinski definition) is 1. The molecule has 28 heavy (non-hydrogen) atoms. The second-order valence-electron chi connectivity index (χ2n) is 7.45. The SMILES string of the molecule is COc1ccc(CN2CCC(Oc3cc4cc[nH]c(=O)c4cc3C)CC2)cc1. The zero-order valence-electron chi connectivity index (χ0n) is 16.4. The normalized spacial score (nSPS) is 15.6. The Bertz CT molecular complexity index is 1000. The van der Waals surface area contributed by atoms with Gasteiger partial charge in [-0.05, 0) is 66.6 Å². The van der Waals surface area contributed by atoms with E-state index in [4.69, 9.17) is 9.47 Å². The van der Waals surface area contributed by atoms with Crippen molar-refractivity contribution in [3.05, 3.63) is 70.1 Å². The Morgan fingerprint density at radius 2 is 1.86 bits per heavy atom. The fourth-order valence-corrected chi connectivity index (χ4v) is 3.80. The molecule has 0 spiro atoms. The number of H-pyrrole nitrogens is 1. The molecule has 1 aromatic heterocycles. The number of piperidine rings is 1. The Labute approximate surface area is 164 Å². The summed E-state index contributed by atoms with van der Waals surface area (Å²) in [5.74, 6) is 1.77. The zero-order chi connectivity index (χ0) is 19.5. The Morgan fingerprint density at radius 1 is 1.11 bits per heavy atom. The lowest BCUT2D eigenvalue weighted by molar-refractivity contribution is 0.0964. The minimum Gasteiger partial charge on any atom is -0.497 e. The monoisotopic (exact) mass is 378 g/mol. The van der Waals surface area contributed by atoms with Crippen molar-refractivity contribution in [2.75, 3.05) is 20.2 Å². The van der Waals surface area contributed by atoms with Crippen LogP contribution in [0.1, 0.15) is 24.0 Å². The Kier molecular flexibility index (Phi) is 5.35. The van der Waals surface area contributed by atoms with Crippen LogP contribution >= 0.6 is 0 Å². The average molecular weight is 378 g/mol. The average Bonchev–Trinajstić information content (AvgIpc) is 2.71. The van der Waals surface area contributed by atoms with Crippen LogP contribution in [0.4, 0.5) is 0 Å². The number of pyridine rings is 1. The maximum Gasteiger partial charge on any atom is 0.255 e. The first-order chi connectivity index (χ1) is 13.6. The quantitative estimate of drug-likeness (QED) is 0.732. The number of ether oxygens (including phenoxy) is 2. The summed E-state index contributed by atoms with van der Waals surface area (Å²) >= 11 is 0. The molecule has 1 aliphatic rings. The fraction of sp³-hybridized carbons (Fsp3) is 0.348. The minimum atomic E-state index is -0.0565. The molecule has 0 unspecified atom stereocenters. The van der Waals surface area contributed by atoms with E-state index in [1.807, 2.05) is 37.3 Å². The molecule has 1 aliphatic heterocycles. The highest BCUT2D eigenvalue weighted by Gasteiger charge is 2.21. The van der Waals surface area contributed by atoms with E-state index in [1.54, 1.807) is 13.3 Å². The molecule has 1 N–H and O–H groups in total. The van der Waals surface area contributed by atoms with Crippen molar-refractivity contribution in [2.45, 2.75) is 32.4 Å². The minimum absolute atomic E-state index is 0.0565. The smallest absolute Gasteiger partial charge is 0.255 e. The number of hydrogen-bond acceptors (Lipinski definition) is 4. The number of nitrogens with zero attached hydrogens (tertiary/aromatic N) is 1. The van der Waals surface area contributed by atoms with Gasteiger partial charge >= 0.3 is 0 Å². The number of methoxy groups -OCH3 is 1. The molecule has 2 aromatic carbocycles. The molecule has 1 saturated heterocycles. The number of nitrogens with one attached hydrogen (secondary N) is 1. The highest BCUT2D eigenvalue weighted by atomic mass is 16.5. The summed E-state index contributed by atoms with van der Waals surface area (Å²) in [6.45, 7) is 4.99. The summed E-state index contributed by atoms with van der Waals surface area (Å²) in [5.41, 5.74) is 2.25. The maximum absolute atomic E-state index is 11.9. The molecule has 2 heterocycles. The van der Waals surface area contributed by atoms with Gasteiger partial charge in [0.05, 0.1) is 7.11 Å². The standard InChI is InChI=1S/C23H26N2O3/c1-16-13-21-18(7-10-24-23(21)26)14-22(16)28-20-8-11-25(12-9-20)15-17-3-5-19(27-2)6-4-17/h3-7,10,13-14,20H,8-9,11-12,15H2,1-2H3,(H,24,26). The van der Waals surface area contributed by atoms with E-state index in [0.29, 0.717) is 5.39 Å². The molecular formula is C23H26N2O3. The number of rotatable bonds is 5. The van der Waals surface area contributed by atoms with Crippen molar-refractivity contribution in [2.24, 2.45) is 0 Å². The summed E-state index contributed by atoms with van der Waals surface area (Å²) in [6.07, 6.45) is 3.90. The third-order valence-electron chi connectivity index (χ3n) is 5.46. The van der Waals surface area contributed by atoms with E-state index in [9.17, 15) is 4.79 Å². The Hall–Kier alpha value is -2.79. The van der Waals surface area contributed by atoms with E-state index >= 15 is 0 Å². The van der Waals surface area contributed by atoms with Crippen LogP contribution < -0.4 is 15.0 Å². The molecule has 0 aliphatic carbocycles. The molecule has 3 aromatic rings. The maximum atomic E-state index is 11.9. The molecule has 0 radical (unpaired) electrons. The highest BCUT2D eigenvalue weighted by molar-refractivity contribution is 5.83. The van der Waals surface area contributed by atoms with Crippen LogP contribution in [0.3, 0.4) is 0 Å². The number of aryl methyl sites for hydroxylation is 1. The lowest BCUT2D eigenvalue weighted by atomic mass is 10.1. The molecule has 0 saturated carbocycles. The molecule has 0 atom stereocenters. The topological polar surface area (TPSA) is 54.6 Å². The van der Waals surface area contributed by atoms with Crippen LogP contribution in [0.15, 0.2) is 53.5 Å². The van der Waals surface area contributed by atoms with Crippen molar-refractivity contribution in [3.63, 3.8) is 0 Å². The van der Waals surface area contributed by atoms with Crippen LogP contribution in [0.2, 0.25) is 0 Å².